The molecule has 0 fully saturated rings. The number of aromatic carboxylic acids is 2. The van der Waals surface area contributed by atoms with E-state index < -0.39 is 11.9 Å². The van der Waals surface area contributed by atoms with Gasteiger partial charge in [0.2, 0.25) is 17.2 Å². The van der Waals surface area contributed by atoms with Gasteiger partial charge >= 0.3 is 34.1 Å². The standard InChI is InChI=1S/C17H12ClN5O4.2C16H16N2O2.2Fe/c18-15-21-16(19-11-5-1-9(2-6-11)13(24)25)23-17(22-15)20-12-7-3-10(4-8-12)14(26)27;2*19-15-7-3-1-5-13(15)11-17-9-10-18-12-14-6-2-4-8-16(14)20;;/h1-8H,(H,24,25)(H,26,27)(H2,19,20,21,22,23);2*1-8,11-12,19-20H,9-10H2;;/q;;;2*+3/p-6. The van der Waals surface area contributed by atoms with Crippen LogP contribution in [0.25, 0.3) is 0 Å². The Hall–Kier alpha value is -7.92. The molecular weight excluding hydrogens is 990 g/mol. The van der Waals surface area contributed by atoms with E-state index in [0.717, 1.165) is 0 Å². The van der Waals surface area contributed by atoms with Crippen LogP contribution in [0.3, 0.4) is 0 Å². The average Bonchev–Trinajstić information content (AvgIpc) is 3.31. The first-order valence-corrected chi connectivity index (χ1v) is 20.4. The summed E-state index contributed by atoms with van der Waals surface area (Å²) in [6.07, 6.45) is 6.22. The number of rotatable bonds is 16. The van der Waals surface area contributed by atoms with Crippen molar-refractivity contribution in [2.75, 3.05) is 36.8 Å². The second-order valence-corrected chi connectivity index (χ2v) is 13.9. The summed E-state index contributed by atoms with van der Waals surface area (Å²) in [5.74, 6) is -2.46. The number of aliphatic imine (C=N–C) groups is 4. The predicted molar refractivity (Wildman–Crippen MR) is 246 cm³/mol. The number of anilines is 4. The maximum atomic E-state index is 11.4. The molecule has 0 saturated carbocycles. The van der Waals surface area contributed by atoms with Crippen molar-refractivity contribution in [1.82, 2.24) is 15.0 Å². The summed E-state index contributed by atoms with van der Waals surface area (Å²) in [4.78, 5) is 50.1. The monoisotopic (exact) mass is 1030 g/mol. The molecule has 1 heterocycles. The third-order valence-electron chi connectivity index (χ3n) is 8.68. The quantitative estimate of drug-likeness (QED) is 0.0798. The van der Waals surface area contributed by atoms with Crippen LogP contribution in [0.2, 0.25) is 5.28 Å². The summed E-state index contributed by atoms with van der Waals surface area (Å²) in [6, 6.07) is 38.5. The fraction of sp³-hybridized carbons (Fsp3) is 0.0816. The number of carboxylic acids is 2. The molecule has 0 aliphatic carbocycles. The van der Waals surface area contributed by atoms with Gasteiger partial charge in [0.1, 0.15) is 0 Å². The van der Waals surface area contributed by atoms with E-state index in [9.17, 15) is 40.2 Å². The van der Waals surface area contributed by atoms with Crippen LogP contribution in [-0.4, -0.2) is 77.9 Å². The van der Waals surface area contributed by atoms with Crippen molar-refractivity contribution in [3.05, 3.63) is 184 Å². The maximum Gasteiger partial charge on any atom is 3.00 e. The third kappa shape index (κ3) is 19.4. The number of nitrogens with one attached hydrogen (secondary N) is 2. The predicted octanol–water partition coefficient (Wildman–Crippen LogP) is 3.48. The van der Waals surface area contributed by atoms with Crippen LogP contribution in [-0.2, 0) is 34.1 Å². The number of hydrogen-bond donors (Lipinski definition) is 2. The van der Waals surface area contributed by atoms with Gasteiger partial charge in [0.25, 0.3) is 0 Å². The first-order chi connectivity index (χ1) is 32.4. The Labute approximate surface area is 422 Å². The number of aromatic nitrogens is 3. The number of nitrogens with zero attached hydrogens (tertiary/aromatic N) is 7. The van der Waals surface area contributed by atoms with Gasteiger partial charge in [0.15, 0.2) is 0 Å². The van der Waals surface area contributed by atoms with Crippen LogP contribution in [0.4, 0.5) is 23.3 Å². The Balaban J connectivity index is 0.000000275. The molecule has 0 saturated heterocycles. The first kappa shape index (κ1) is 55.4. The fourth-order valence-corrected chi connectivity index (χ4v) is 5.49. The van der Waals surface area contributed by atoms with Crippen LogP contribution < -0.4 is 41.3 Å². The van der Waals surface area contributed by atoms with E-state index in [-0.39, 0.29) is 85.4 Å². The molecule has 350 valence electrons. The number of para-hydroxylation sites is 4. The Kier molecular flexibility index (Phi) is 23.8. The second kappa shape index (κ2) is 29.7. The fourth-order valence-electron chi connectivity index (χ4n) is 5.33. The van der Waals surface area contributed by atoms with Crippen molar-refractivity contribution < 1.29 is 74.4 Å². The minimum absolute atomic E-state index is 0. The molecule has 7 rings (SSSR count). The van der Waals surface area contributed by atoms with E-state index in [1.54, 1.807) is 97.7 Å². The second-order valence-electron chi connectivity index (χ2n) is 13.5. The van der Waals surface area contributed by atoms with Crippen LogP contribution >= 0.6 is 11.6 Å². The molecule has 0 unspecified atom stereocenters. The van der Waals surface area contributed by atoms with Gasteiger partial charge in [0.05, 0.1) is 38.1 Å². The molecule has 17 nitrogen and oxygen atoms in total. The van der Waals surface area contributed by atoms with Crippen molar-refractivity contribution in [2.24, 2.45) is 20.0 Å². The minimum atomic E-state index is -1.28. The SMILES string of the molecule is O=C([O-])c1ccc(Nc2nc(Cl)nc(Nc3ccc(C(=O)[O-])cc3)n2)cc1.[Fe+3].[Fe+3].[O-]c1ccccc1C=NCCN=Cc1ccccc1[O-].[O-]c1ccccc1C=NCCN=Cc1ccccc1[O-]. The number of carbonyl (C=O) groups excluding carboxylic acids is 2. The molecule has 1 aromatic heterocycles. The largest absolute Gasteiger partial charge is 3.00 e. The van der Waals surface area contributed by atoms with Crippen LogP contribution in [0, 0.1) is 0 Å². The molecule has 2 N–H and O–H groups in total. The number of carbonyl (C=O) groups is 2. The van der Waals surface area contributed by atoms with Gasteiger partial charge in [-0.25, -0.2) is 0 Å². The molecule has 0 bridgehead atoms. The molecule has 69 heavy (non-hydrogen) atoms. The molecule has 0 amide bonds. The van der Waals surface area contributed by atoms with Crippen molar-refractivity contribution in [2.45, 2.75) is 0 Å². The van der Waals surface area contributed by atoms with Crippen LogP contribution in [0.5, 0.6) is 23.0 Å². The molecular formula is C49H38ClFe2N9O8. The summed E-state index contributed by atoms with van der Waals surface area (Å²) in [7, 11) is 0. The van der Waals surface area contributed by atoms with Crippen LogP contribution in [0.1, 0.15) is 43.0 Å². The molecule has 0 atom stereocenters. The maximum absolute atomic E-state index is 11.4. The number of carboxylic acid groups (broad SMARTS) is 2. The Morgan fingerprint density at radius 2 is 0.696 bits per heavy atom. The zero-order valence-corrected chi connectivity index (χ0v) is 38.9. The topological polar surface area (TPSA) is 285 Å². The number of halogens is 1. The molecule has 6 aromatic carbocycles. The summed E-state index contributed by atoms with van der Waals surface area (Å²) in [5.41, 5.74) is 3.43. The number of benzene rings is 6. The molecule has 7 aromatic rings. The van der Waals surface area contributed by atoms with Crippen molar-refractivity contribution in [3.8, 4) is 23.0 Å². The van der Waals surface area contributed by atoms with Gasteiger partial charge in [-0.1, -0.05) is 121 Å². The molecule has 0 aliphatic heterocycles. The van der Waals surface area contributed by atoms with Gasteiger partial charge < -0.3 is 50.9 Å². The van der Waals surface area contributed by atoms with E-state index in [2.05, 4.69) is 45.6 Å². The average molecular weight is 1030 g/mol. The molecule has 2 radical (unpaired) electrons. The van der Waals surface area contributed by atoms with Crippen molar-refractivity contribution >= 4 is 71.7 Å². The Bertz CT molecular complexity index is 2550. The van der Waals surface area contributed by atoms with Crippen molar-refractivity contribution in [3.63, 3.8) is 0 Å². The van der Waals surface area contributed by atoms with Crippen molar-refractivity contribution in [1.29, 1.82) is 0 Å². The van der Waals surface area contributed by atoms with Gasteiger partial charge in [-0.05, 0) is 69.2 Å². The smallest absolute Gasteiger partial charge is 0.872 e. The molecule has 20 heteroatoms. The zero-order valence-electron chi connectivity index (χ0n) is 36.0. The Morgan fingerprint density at radius 1 is 0.435 bits per heavy atom. The third-order valence-corrected chi connectivity index (χ3v) is 8.84. The van der Waals surface area contributed by atoms with Gasteiger partial charge in [-0.2, -0.15) is 15.0 Å². The molecule has 0 aliphatic rings. The van der Waals surface area contributed by atoms with Gasteiger partial charge in [-0.15, -0.1) is 23.0 Å². The normalized spacial score (nSPS) is 10.6. The first-order valence-electron chi connectivity index (χ1n) is 20.1. The molecule has 0 spiro atoms. The van der Waals surface area contributed by atoms with E-state index in [4.69, 9.17) is 11.6 Å². The van der Waals surface area contributed by atoms with E-state index in [1.807, 2.05) is 0 Å². The van der Waals surface area contributed by atoms with E-state index in [0.29, 0.717) is 59.8 Å². The van der Waals surface area contributed by atoms with Gasteiger partial charge in [-0.3, -0.25) is 20.0 Å². The van der Waals surface area contributed by atoms with E-state index >= 15 is 0 Å². The van der Waals surface area contributed by atoms with Crippen LogP contribution in [0.15, 0.2) is 166 Å². The summed E-state index contributed by atoms with van der Waals surface area (Å²) in [5, 5.41) is 72.8. The Morgan fingerprint density at radius 3 is 0.942 bits per heavy atom. The van der Waals surface area contributed by atoms with E-state index in [1.165, 1.54) is 72.8 Å². The van der Waals surface area contributed by atoms with Gasteiger partial charge in [0, 0.05) is 36.2 Å². The summed E-state index contributed by atoms with van der Waals surface area (Å²) < 4.78 is 0. The number of hydrogen-bond acceptors (Lipinski definition) is 17. The summed E-state index contributed by atoms with van der Waals surface area (Å²) >= 11 is 5.90. The zero-order chi connectivity index (χ0) is 47.8. The summed E-state index contributed by atoms with van der Waals surface area (Å²) in [6.45, 7) is 1.91. The minimum Gasteiger partial charge on any atom is -0.872 e.